The van der Waals surface area contributed by atoms with Crippen LogP contribution >= 0.6 is 0 Å². The van der Waals surface area contributed by atoms with E-state index < -0.39 is 15.9 Å². The smallest absolute Gasteiger partial charge is 0.241 e. The second kappa shape index (κ2) is 9.21. The number of carbonyl (C=O) groups excluding carboxylic acids is 1. The number of hydrogen-bond donors (Lipinski definition) is 2. The van der Waals surface area contributed by atoms with Gasteiger partial charge in [0.2, 0.25) is 15.9 Å². The lowest BCUT2D eigenvalue weighted by Crippen LogP contribution is -2.32. The molecule has 0 radical (unpaired) electrons. The average Bonchev–Trinajstić information content (AvgIpc) is 2.63. The molecule has 7 nitrogen and oxygen atoms in total. The summed E-state index contributed by atoms with van der Waals surface area (Å²) in [6, 6.07) is 12.8. The van der Waals surface area contributed by atoms with Gasteiger partial charge in [0.1, 0.15) is 11.5 Å². The molecule has 0 aromatic heterocycles. The van der Waals surface area contributed by atoms with Crippen molar-refractivity contribution >= 4 is 21.6 Å². The largest absolute Gasteiger partial charge is 0.494 e. The van der Waals surface area contributed by atoms with Gasteiger partial charge in [-0.1, -0.05) is 0 Å². The van der Waals surface area contributed by atoms with E-state index >= 15 is 0 Å². The molecule has 0 saturated heterocycles. The Morgan fingerprint density at radius 2 is 1.38 bits per heavy atom. The van der Waals surface area contributed by atoms with Gasteiger partial charge < -0.3 is 14.8 Å². The molecule has 0 saturated carbocycles. The van der Waals surface area contributed by atoms with Crippen molar-refractivity contribution in [3.05, 3.63) is 48.5 Å². The second-order valence-corrected chi connectivity index (χ2v) is 7.00. The van der Waals surface area contributed by atoms with Gasteiger partial charge in [-0.2, -0.15) is 0 Å². The Morgan fingerprint density at radius 1 is 0.885 bits per heavy atom. The fraction of sp³-hybridized carbons (Fsp3) is 0.278. The van der Waals surface area contributed by atoms with Crippen molar-refractivity contribution in [2.75, 3.05) is 25.1 Å². The summed E-state index contributed by atoms with van der Waals surface area (Å²) < 4.78 is 37.3. The van der Waals surface area contributed by atoms with Crippen LogP contribution in [0.1, 0.15) is 13.8 Å². The molecule has 2 aromatic carbocycles. The van der Waals surface area contributed by atoms with Crippen LogP contribution in [-0.4, -0.2) is 34.1 Å². The van der Waals surface area contributed by atoms with Gasteiger partial charge in [-0.05, 0) is 62.4 Å². The first kappa shape index (κ1) is 19.7. The van der Waals surface area contributed by atoms with Gasteiger partial charge in [-0.15, -0.1) is 0 Å². The fourth-order valence-electron chi connectivity index (χ4n) is 2.13. The van der Waals surface area contributed by atoms with Gasteiger partial charge in [-0.25, -0.2) is 13.1 Å². The highest BCUT2D eigenvalue weighted by Crippen LogP contribution is 2.17. The van der Waals surface area contributed by atoms with Gasteiger partial charge in [0.15, 0.2) is 0 Å². The Balaban J connectivity index is 1.90. The van der Waals surface area contributed by atoms with Crippen molar-refractivity contribution in [3.63, 3.8) is 0 Å². The van der Waals surface area contributed by atoms with Crippen LogP contribution in [0.3, 0.4) is 0 Å². The number of benzene rings is 2. The van der Waals surface area contributed by atoms with Gasteiger partial charge in [0.25, 0.3) is 0 Å². The van der Waals surface area contributed by atoms with E-state index in [1.165, 1.54) is 12.1 Å². The Hall–Kier alpha value is -2.58. The quantitative estimate of drug-likeness (QED) is 0.699. The molecule has 0 spiro atoms. The summed E-state index contributed by atoms with van der Waals surface area (Å²) in [6.07, 6.45) is 0. The fourth-order valence-corrected chi connectivity index (χ4v) is 3.11. The molecule has 8 heteroatoms. The van der Waals surface area contributed by atoms with E-state index in [1.807, 2.05) is 13.8 Å². The van der Waals surface area contributed by atoms with Crippen molar-refractivity contribution in [3.8, 4) is 11.5 Å². The molecule has 0 aliphatic carbocycles. The minimum Gasteiger partial charge on any atom is -0.494 e. The Morgan fingerprint density at radius 3 is 1.88 bits per heavy atom. The summed E-state index contributed by atoms with van der Waals surface area (Å²) in [5, 5.41) is 2.62. The minimum atomic E-state index is -3.78. The van der Waals surface area contributed by atoms with E-state index in [1.54, 1.807) is 36.4 Å². The summed E-state index contributed by atoms with van der Waals surface area (Å²) in [5.74, 6) is 0.810. The number of rotatable bonds is 9. The molecule has 0 heterocycles. The lowest BCUT2D eigenvalue weighted by Gasteiger charge is -2.09. The molecule has 2 rings (SSSR count). The van der Waals surface area contributed by atoms with Crippen LogP contribution in [0.15, 0.2) is 53.4 Å². The number of amides is 1. The predicted octanol–water partition coefficient (Wildman–Crippen LogP) is 2.40. The van der Waals surface area contributed by atoms with Crippen molar-refractivity contribution in [1.82, 2.24) is 4.72 Å². The number of carbonyl (C=O) groups is 1. The van der Waals surface area contributed by atoms with Crippen LogP contribution in [0.4, 0.5) is 5.69 Å². The standard InChI is InChI=1S/C18H22N2O5S/c1-3-24-15-7-5-14(6-8-15)20-18(21)13-19-26(22,23)17-11-9-16(10-12-17)25-4-2/h5-12,19H,3-4,13H2,1-2H3,(H,20,21). The first-order valence-electron chi connectivity index (χ1n) is 8.20. The molecular formula is C18H22N2O5S. The molecular weight excluding hydrogens is 356 g/mol. The lowest BCUT2D eigenvalue weighted by molar-refractivity contribution is -0.115. The normalized spacial score (nSPS) is 11.0. The molecule has 2 aromatic rings. The molecule has 1 amide bonds. The first-order valence-corrected chi connectivity index (χ1v) is 9.68. The molecule has 0 atom stereocenters. The maximum atomic E-state index is 12.2. The second-order valence-electron chi connectivity index (χ2n) is 5.23. The Bertz CT molecular complexity index is 818. The van der Waals surface area contributed by atoms with Gasteiger partial charge in [-0.3, -0.25) is 4.79 Å². The monoisotopic (exact) mass is 378 g/mol. The zero-order valence-corrected chi connectivity index (χ0v) is 15.5. The van der Waals surface area contributed by atoms with Gasteiger partial charge in [0, 0.05) is 5.69 Å². The van der Waals surface area contributed by atoms with E-state index in [9.17, 15) is 13.2 Å². The number of hydrogen-bond acceptors (Lipinski definition) is 5. The summed E-state index contributed by atoms with van der Waals surface area (Å²) in [5.41, 5.74) is 0.554. The third kappa shape index (κ3) is 5.75. The summed E-state index contributed by atoms with van der Waals surface area (Å²) >= 11 is 0. The first-order chi connectivity index (χ1) is 12.4. The van der Waals surface area contributed by atoms with E-state index in [0.717, 1.165) is 0 Å². The molecule has 0 aliphatic heterocycles. The zero-order chi connectivity index (χ0) is 19.0. The molecule has 140 valence electrons. The van der Waals surface area contributed by atoms with E-state index in [-0.39, 0.29) is 11.4 Å². The Labute approximate surface area is 153 Å². The molecule has 0 fully saturated rings. The minimum absolute atomic E-state index is 0.0646. The highest BCUT2D eigenvalue weighted by atomic mass is 32.2. The van der Waals surface area contributed by atoms with Crippen molar-refractivity contribution in [2.24, 2.45) is 0 Å². The number of ether oxygens (including phenoxy) is 2. The predicted molar refractivity (Wildman–Crippen MR) is 99.0 cm³/mol. The third-order valence-electron chi connectivity index (χ3n) is 3.32. The van der Waals surface area contributed by atoms with Crippen molar-refractivity contribution < 1.29 is 22.7 Å². The van der Waals surface area contributed by atoms with Crippen LogP contribution in [0, 0.1) is 0 Å². The van der Waals surface area contributed by atoms with Crippen LogP contribution in [-0.2, 0) is 14.8 Å². The number of anilines is 1. The van der Waals surface area contributed by atoms with E-state index in [0.29, 0.717) is 30.4 Å². The topological polar surface area (TPSA) is 93.7 Å². The molecule has 0 bridgehead atoms. The summed E-state index contributed by atoms with van der Waals surface area (Å²) in [6.45, 7) is 4.40. The third-order valence-corrected chi connectivity index (χ3v) is 4.73. The molecule has 2 N–H and O–H groups in total. The number of sulfonamides is 1. The maximum absolute atomic E-state index is 12.2. The Kier molecular flexibility index (Phi) is 6.99. The highest BCUT2D eigenvalue weighted by molar-refractivity contribution is 7.89. The van der Waals surface area contributed by atoms with Gasteiger partial charge >= 0.3 is 0 Å². The van der Waals surface area contributed by atoms with Crippen LogP contribution in [0.25, 0.3) is 0 Å². The SMILES string of the molecule is CCOc1ccc(NC(=O)CNS(=O)(=O)c2ccc(OCC)cc2)cc1. The van der Waals surface area contributed by atoms with Crippen LogP contribution in [0.5, 0.6) is 11.5 Å². The maximum Gasteiger partial charge on any atom is 0.241 e. The number of nitrogens with one attached hydrogen (secondary N) is 2. The lowest BCUT2D eigenvalue weighted by atomic mass is 10.3. The highest BCUT2D eigenvalue weighted by Gasteiger charge is 2.15. The average molecular weight is 378 g/mol. The van der Waals surface area contributed by atoms with E-state index in [4.69, 9.17) is 9.47 Å². The van der Waals surface area contributed by atoms with Crippen molar-refractivity contribution in [1.29, 1.82) is 0 Å². The molecule has 0 unspecified atom stereocenters. The van der Waals surface area contributed by atoms with Gasteiger partial charge in [0.05, 0.1) is 24.7 Å². The summed E-state index contributed by atoms with van der Waals surface area (Å²) in [4.78, 5) is 12.0. The molecule has 0 aliphatic rings. The van der Waals surface area contributed by atoms with Crippen LogP contribution in [0.2, 0.25) is 0 Å². The van der Waals surface area contributed by atoms with Crippen molar-refractivity contribution in [2.45, 2.75) is 18.7 Å². The van der Waals surface area contributed by atoms with Crippen LogP contribution < -0.4 is 19.5 Å². The van der Waals surface area contributed by atoms with E-state index in [2.05, 4.69) is 10.0 Å². The zero-order valence-electron chi connectivity index (χ0n) is 14.7. The summed E-state index contributed by atoms with van der Waals surface area (Å²) in [7, 11) is -3.78. The molecule has 26 heavy (non-hydrogen) atoms.